The second-order valence-electron chi connectivity index (χ2n) is 5.99. The molecule has 0 aromatic carbocycles. The normalized spacial score (nSPS) is 41.5. The van der Waals surface area contributed by atoms with Crippen LogP contribution in [0.2, 0.25) is 0 Å². The zero-order valence-electron chi connectivity index (χ0n) is 10.7. The largest absolute Gasteiger partial charge is 0.311 e. The fraction of sp³-hybridized carbons (Fsp3) is 1.00. The van der Waals surface area contributed by atoms with Crippen molar-refractivity contribution in [2.45, 2.75) is 55.5 Å². The Labute approximate surface area is 114 Å². The molecule has 2 bridgehead atoms. The Hall–Kier alpha value is -0.180. The van der Waals surface area contributed by atoms with Crippen molar-refractivity contribution in [2.24, 2.45) is 0 Å². The van der Waals surface area contributed by atoms with Crippen LogP contribution in [-0.2, 0) is 19.9 Å². The quantitative estimate of drug-likeness (QED) is 0.725. The Kier molecular flexibility index (Phi) is 3.40. The van der Waals surface area contributed by atoms with E-state index in [-0.39, 0.29) is 24.0 Å². The highest BCUT2D eigenvalue weighted by Crippen LogP contribution is 2.28. The number of hydrogen-bond donors (Lipinski definition) is 2. The van der Waals surface area contributed by atoms with Crippen LogP contribution in [0.25, 0.3) is 0 Å². The molecule has 3 heterocycles. The molecular formula is C11H20N2O4S2. The van der Waals surface area contributed by atoms with Crippen LogP contribution in [0.5, 0.6) is 0 Å². The molecule has 3 rings (SSSR count). The molecule has 0 aliphatic carbocycles. The van der Waals surface area contributed by atoms with E-state index < -0.39 is 25.1 Å². The standard InChI is InChI=1S/C11H20N2O4S2/c14-18(15)4-3-11(7-18)19(16,17)13-10-5-8-1-2-9(6-10)12-8/h8-13H,1-7H2. The fourth-order valence-corrected chi connectivity index (χ4v) is 7.80. The van der Waals surface area contributed by atoms with Crippen molar-refractivity contribution in [3.05, 3.63) is 0 Å². The van der Waals surface area contributed by atoms with E-state index in [0.29, 0.717) is 12.1 Å². The van der Waals surface area contributed by atoms with Crippen molar-refractivity contribution in [2.75, 3.05) is 11.5 Å². The van der Waals surface area contributed by atoms with E-state index in [1.165, 1.54) is 0 Å². The highest BCUT2D eigenvalue weighted by molar-refractivity contribution is 7.95. The average Bonchev–Trinajstić information content (AvgIpc) is 2.82. The molecule has 0 radical (unpaired) electrons. The fourth-order valence-electron chi connectivity index (χ4n) is 3.49. The molecule has 0 amide bonds. The molecule has 110 valence electrons. The van der Waals surface area contributed by atoms with Gasteiger partial charge in [-0.1, -0.05) is 0 Å². The van der Waals surface area contributed by atoms with Crippen LogP contribution in [0.4, 0.5) is 0 Å². The average molecular weight is 308 g/mol. The summed E-state index contributed by atoms with van der Waals surface area (Å²) in [5.41, 5.74) is 0. The van der Waals surface area contributed by atoms with Gasteiger partial charge in [0.2, 0.25) is 10.0 Å². The van der Waals surface area contributed by atoms with Gasteiger partial charge < -0.3 is 5.32 Å². The van der Waals surface area contributed by atoms with Gasteiger partial charge in [0, 0.05) is 18.1 Å². The summed E-state index contributed by atoms with van der Waals surface area (Å²) in [4.78, 5) is 0. The van der Waals surface area contributed by atoms with Crippen molar-refractivity contribution in [3.8, 4) is 0 Å². The maximum absolute atomic E-state index is 12.2. The van der Waals surface area contributed by atoms with Gasteiger partial charge in [-0.05, 0) is 32.1 Å². The zero-order chi connectivity index (χ0) is 13.7. The molecule has 3 saturated heterocycles. The van der Waals surface area contributed by atoms with Gasteiger partial charge in [0.25, 0.3) is 0 Å². The Balaban J connectivity index is 1.66. The first-order valence-corrected chi connectivity index (χ1v) is 10.2. The van der Waals surface area contributed by atoms with Crippen LogP contribution >= 0.6 is 0 Å². The first-order chi connectivity index (χ1) is 8.84. The van der Waals surface area contributed by atoms with Crippen LogP contribution in [0.15, 0.2) is 0 Å². The van der Waals surface area contributed by atoms with Crippen LogP contribution < -0.4 is 10.0 Å². The summed E-state index contributed by atoms with van der Waals surface area (Å²) in [6.45, 7) is 0. The van der Waals surface area contributed by atoms with Gasteiger partial charge in [-0.15, -0.1) is 0 Å². The minimum atomic E-state index is -3.51. The van der Waals surface area contributed by atoms with E-state index in [0.717, 1.165) is 25.7 Å². The first kappa shape index (κ1) is 13.8. The predicted octanol–water partition coefficient (Wildman–Crippen LogP) is -0.624. The highest BCUT2D eigenvalue weighted by Gasteiger charge is 2.40. The molecule has 8 heteroatoms. The third-order valence-corrected chi connectivity index (χ3v) is 8.35. The first-order valence-electron chi connectivity index (χ1n) is 6.82. The number of piperidine rings is 1. The number of fused-ring (bicyclic) bond motifs is 2. The lowest BCUT2D eigenvalue weighted by molar-refractivity contribution is 0.344. The minimum Gasteiger partial charge on any atom is -0.311 e. The molecule has 6 nitrogen and oxygen atoms in total. The number of nitrogens with one attached hydrogen (secondary N) is 2. The molecule has 0 spiro atoms. The molecule has 3 aliphatic heterocycles. The molecule has 19 heavy (non-hydrogen) atoms. The van der Waals surface area contributed by atoms with Crippen LogP contribution in [0, 0.1) is 0 Å². The van der Waals surface area contributed by atoms with Gasteiger partial charge in [0.05, 0.1) is 16.8 Å². The summed E-state index contributed by atoms with van der Waals surface area (Å²) in [7, 11) is -6.67. The highest BCUT2D eigenvalue weighted by atomic mass is 32.2. The Bertz CT molecular complexity index is 545. The maximum Gasteiger partial charge on any atom is 0.215 e. The molecule has 3 fully saturated rings. The second-order valence-corrected chi connectivity index (χ2v) is 10.2. The smallest absolute Gasteiger partial charge is 0.215 e. The van der Waals surface area contributed by atoms with Crippen LogP contribution in [0.1, 0.15) is 32.1 Å². The van der Waals surface area contributed by atoms with Crippen LogP contribution in [0.3, 0.4) is 0 Å². The molecule has 0 saturated carbocycles. The Morgan fingerprint density at radius 1 is 1.05 bits per heavy atom. The Morgan fingerprint density at radius 3 is 2.21 bits per heavy atom. The monoisotopic (exact) mass is 308 g/mol. The third-order valence-electron chi connectivity index (χ3n) is 4.43. The maximum atomic E-state index is 12.2. The lowest BCUT2D eigenvalue weighted by Crippen LogP contribution is -2.50. The zero-order valence-corrected chi connectivity index (χ0v) is 12.3. The van der Waals surface area contributed by atoms with E-state index in [1.807, 2.05) is 0 Å². The lowest BCUT2D eigenvalue weighted by atomic mass is 10.0. The summed E-state index contributed by atoms with van der Waals surface area (Å²) >= 11 is 0. The summed E-state index contributed by atoms with van der Waals surface area (Å²) in [5.74, 6) is -0.226. The van der Waals surface area contributed by atoms with Crippen molar-refractivity contribution in [3.63, 3.8) is 0 Å². The Morgan fingerprint density at radius 2 is 1.68 bits per heavy atom. The van der Waals surface area contributed by atoms with E-state index in [1.54, 1.807) is 0 Å². The summed E-state index contributed by atoms with van der Waals surface area (Å²) in [5, 5.41) is 2.70. The summed E-state index contributed by atoms with van der Waals surface area (Å²) in [6.07, 6.45) is 4.08. The van der Waals surface area contributed by atoms with Gasteiger partial charge in [0.1, 0.15) is 0 Å². The topological polar surface area (TPSA) is 92.3 Å². The van der Waals surface area contributed by atoms with Crippen molar-refractivity contribution < 1.29 is 16.8 Å². The lowest BCUT2D eigenvalue weighted by Gasteiger charge is -2.30. The van der Waals surface area contributed by atoms with Crippen molar-refractivity contribution >= 4 is 19.9 Å². The van der Waals surface area contributed by atoms with Gasteiger partial charge in [-0.25, -0.2) is 21.6 Å². The molecule has 3 atom stereocenters. The van der Waals surface area contributed by atoms with E-state index in [2.05, 4.69) is 10.0 Å². The van der Waals surface area contributed by atoms with Gasteiger partial charge in [-0.2, -0.15) is 0 Å². The SMILES string of the molecule is O=S1(=O)CCC(S(=O)(=O)NC2CC3CCC(C2)N3)C1. The van der Waals surface area contributed by atoms with Crippen molar-refractivity contribution in [1.29, 1.82) is 0 Å². The number of hydrogen-bond acceptors (Lipinski definition) is 5. The summed E-state index contributed by atoms with van der Waals surface area (Å²) < 4.78 is 50.0. The summed E-state index contributed by atoms with van der Waals surface area (Å²) in [6, 6.07) is 0.796. The van der Waals surface area contributed by atoms with Gasteiger partial charge in [-0.3, -0.25) is 0 Å². The molecule has 0 aromatic heterocycles. The van der Waals surface area contributed by atoms with Gasteiger partial charge >= 0.3 is 0 Å². The second kappa shape index (κ2) is 4.68. The van der Waals surface area contributed by atoms with E-state index >= 15 is 0 Å². The van der Waals surface area contributed by atoms with E-state index in [9.17, 15) is 16.8 Å². The number of sulfone groups is 1. The molecule has 3 unspecified atom stereocenters. The van der Waals surface area contributed by atoms with Crippen molar-refractivity contribution in [1.82, 2.24) is 10.0 Å². The predicted molar refractivity (Wildman–Crippen MR) is 72.1 cm³/mol. The molecule has 3 aliphatic rings. The van der Waals surface area contributed by atoms with E-state index in [4.69, 9.17) is 0 Å². The molecule has 2 N–H and O–H groups in total. The number of sulfonamides is 1. The third kappa shape index (κ3) is 2.96. The van der Waals surface area contributed by atoms with Gasteiger partial charge in [0.15, 0.2) is 9.84 Å². The molecular weight excluding hydrogens is 288 g/mol. The molecule has 0 aromatic rings. The van der Waals surface area contributed by atoms with Crippen LogP contribution in [-0.4, -0.2) is 51.7 Å². The minimum absolute atomic E-state index is 0.00392. The number of rotatable bonds is 3.